The van der Waals surface area contributed by atoms with Crippen molar-refractivity contribution in [1.82, 2.24) is 20.0 Å². The molecule has 0 saturated heterocycles. The lowest BCUT2D eigenvalue weighted by Crippen LogP contribution is -2.56. The van der Waals surface area contributed by atoms with Crippen LogP contribution >= 0.6 is 0 Å². The number of rotatable bonds is 12. The maximum atomic E-state index is 9.63. The first kappa shape index (κ1) is 22.5. The zero-order valence-electron chi connectivity index (χ0n) is 16.0. The van der Waals surface area contributed by atoms with Crippen LogP contribution in [0.2, 0.25) is 0 Å². The quantitative estimate of drug-likeness (QED) is 0.387. The van der Waals surface area contributed by atoms with E-state index in [2.05, 4.69) is 15.3 Å². The van der Waals surface area contributed by atoms with Gasteiger partial charge in [0, 0.05) is 35.5 Å². The molecule has 26 heavy (non-hydrogen) atoms. The van der Waals surface area contributed by atoms with Crippen LogP contribution in [0.1, 0.15) is 0 Å². The normalized spacial score (nSPS) is 17.0. The van der Waals surface area contributed by atoms with Crippen LogP contribution in [0.15, 0.2) is 9.98 Å². The van der Waals surface area contributed by atoms with Crippen LogP contribution in [0, 0.1) is 0 Å². The highest BCUT2D eigenvalue weighted by Gasteiger charge is 2.28. The number of nitrogens with one attached hydrogen (secondary N) is 1. The highest BCUT2D eigenvalue weighted by Crippen LogP contribution is 2.11. The van der Waals surface area contributed by atoms with Gasteiger partial charge in [0.15, 0.2) is 0 Å². The Labute approximate surface area is 153 Å². The van der Waals surface area contributed by atoms with Gasteiger partial charge in [-0.3, -0.25) is 15.1 Å². The summed E-state index contributed by atoms with van der Waals surface area (Å²) in [6.07, 6.45) is -0.636. The van der Waals surface area contributed by atoms with Crippen molar-refractivity contribution in [2.24, 2.45) is 9.98 Å². The molecule has 0 aromatic rings. The molecule has 1 heterocycles. The maximum Gasteiger partial charge on any atom is 0.207 e. The van der Waals surface area contributed by atoms with E-state index in [1.807, 2.05) is 0 Å². The molecule has 0 amide bonds. The van der Waals surface area contributed by atoms with Crippen molar-refractivity contribution in [3.63, 3.8) is 0 Å². The van der Waals surface area contributed by atoms with E-state index in [1.165, 1.54) is 12.0 Å². The SMILES string of the molecule is COCN(CO)C1=NC(N(COC)COC)N=C(N(COC)COC)N1. The Morgan fingerprint density at radius 2 is 1.19 bits per heavy atom. The van der Waals surface area contributed by atoms with Crippen LogP contribution in [0.25, 0.3) is 0 Å². The fraction of sp³-hybridized carbons (Fsp3) is 0.857. The molecule has 1 atom stereocenters. The van der Waals surface area contributed by atoms with Crippen molar-refractivity contribution in [3.05, 3.63) is 0 Å². The van der Waals surface area contributed by atoms with Crippen LogP contribution in [0.5, 0.6) is 0 Å². The lowest BCUT2D eigenvalue weighted by molar-refractivity contribution is -0.0376. The zero-order chi connectivity index (χ0) is 19.4. The first-order chi connectivity index (χ1) is 12.6. The molecule has 0 aromatic carbocycles. The first-order valence-electron chi connectivity index (χ1n) is 7.87. The topological polar surface area (TPSA) is 113 Å². The number of guanidine groups is 2. The van der Waals surface area contributed by atoms with Gasteiger partial charge in [0.25, 0.3) is 0 Å². The van der Waals surface area contributed by atoms with E-state index in [1.54, 1.807) is 38.2 Å². The molecule has 1 rings (SSSR count). The lowest BCUT2D eigenvalue weighted by Gasteiger charge is -2.35. The monoisotopic (exact) mass is 378 g/mol. The Kier molecular flexibility index (Phi) is 11.0. The molecule has 2 N–H and O–H groups in total. The van der Waals surface area contributed by atoms with Crippen molar-refractivity contribution in [1.29, 1.82) is 0 Å². The lowest BCUT2D eigenvalue weighted by atomic mass is 10.5. The van der Waals surface area contributed by atoms with Crippen LogP contribution in [0.4, 0.5) is 0 Å². The van der Waals surface area contributed by atoms with Crippen LogP contribution in [-0.2, 0) is 23.7 Å². The Morgan fingerprint density at radius 1 is 0.769 bits per heavy atom. The molecular formula is C14H30N6O6. The molecule has 152 valence electrons. The average molecular weight is 378 g/mol. The number of aliphatic hydroxyl groups excluding tert-OH is 1. The van der Waals surface area contributed by atoms with Gasteiger partial charge < -0.3 is 28.8 Å². The number of methoxy groups -OCH3 is 5. The van der Waals surface area contributed by atoms with Crippen LogP contribution in [0.3, 0.4) is 0 Å². The summed E-state index contributed by atoms with van der Waals surface area (Å²) >= 11 is 0. The first-order valence-corrected chi connectivity index (χ1v) is 7.87. The summed E-state index contributed by atoms with van der Waals surface area (Å²) in [4.78, 5) is 14.1. The van der Waals surface area contributed by atoms with Crippen molar-refractivity contribution < 1.29 is 28.8 Å². The number of ether oxygens (including phenoxy) is 5. The average Bonchev–Trinajstić information content (AvgIpc) is 2.65. The summed E-state index contributed by atoms with van der Waals surface area (Å²) in [7, 11) is 7.83. The van der Waals surface area contributed by atoms with Crippen molar-refractivity contribution in [2.75, 3.05) is 75.9 Å². The Morgan fingerprint density at radius 3 is 1.62 bits per heavy atom. The molecule has 0 radical (unpaired) electrons. The van der Waals surface area contributed by atoms with Gasteiger partial charge in [-0.15, -0.1) is 0 Å². The Hall–Kier alpha value is -1.54. The van der Waals surface area contributed by atoms with Crippen molar-refractivity contribution in [3.8, 4) is 0 Å². The minimum atomic E-state index is -0.636. The van der Waals surface area contributed by atoms with E-state index >= 15 is 0 Å². The number of aliphatic hydroxyl groups is 1. The van der Waals surface area contributed by atoms with Gasteiger partial charge in [-0.1, -0.05) is 0 Å². The van der Waals surface area contributed by atoms with E-state index in [9.17, 15) is 5.11 Å². The molecule has 12 nitrogen and oxygen atoms in total. The third-order valence-electron chi connectivity index (χ3n) is 3.24. The largest absolute Gasteiger partial charge is 0.376 e. The van der Waals surface area contributed by atoms with E-state index in [4.69, 9.17) is 23.7 Å². The smallest absolute Gasteiger partial charge is 0.207 e. The van der Waals surface area contributed by atoms with Crippen LogP contribution < -0.4 is 5.32 Å². The highest BCUT2D eigenvalue weighted by molar-refractivity contribution is 5.99. The Bertz CT molecular complexity index is 440. The van der Waals surface area contributed by atoms with Crippen molar-refractivity contribution in [2.45, 2.75) is 6.29 Å². The number of aliphatic imine (C=N–C) groups is 2. The molecular weight excluding hydrogens is 348 g/mol. The fourth-order valence-corrected chi connectivity index (χ4v) is 2.20. The highest BCUT2D eigenvalue weighted by atomic mass is 16.5. The predicted octanol–water partition coefficient (Wildman–Crippen LogP) is -1.54. The van der Waals surface area contributed by atoms with E-state index < -0.39 is 6.29 Å². The van der Waals surface area contributed by atoms with E-state index in [-0.39, 0.29) is 40.4 Å². The Balaban J connectivity index is 3.15. The molecule has 0 saturated carbocycles. The number of nitrogens with zero attached hydrogens (tertiary/aromatic N) is 5. The molecule has 0 spiro atoms. The molecule has 1 unspecified atom stereocenters. The van der Waals surface area contributed by atoms with Crippen molar-refractivity contribution >= 4 is 11.9 Å². The molecule has 1 aliphatic rings. The molecule has 12 heteroatoms. The molecule has 0 bridgehead atoms. The van der Waals surface area contributed by atoms with E-state index in [0.717, 1.165) is 0 Å². The second-order valence-corrected chi connectivity index (χ2v) is 5.28. The number of hydrogen-bond acceptors (Lipinski definition) is 12. The fourth-order valence-electron chi connectivity index (χ4n) is 2.20. The zero-order valence-corrected chi connectivity index (χ0v) is 16.0. The van der Waals surface area contributed by atoms with Gasteiger partial charge in [-0.25, -0.2) is 14.9 Å². The summed E-state index contributed by atoms with van der Waals surface area (Å²) in [5, 5.41) is 12.7. The summed E-state index contributed by atoms with van der Waals surface area (Å²) < 4.78 is 25.9. The second-order valence-electron chi connectivity index (χ2n) is 5.28. The maximum absolute atomic E-state index is 9.63. The minimum Gasteiger partial charge on any atom is -0.376 e. The van der Waals surface area contributed by atoms with Gasteiger partial charge in [0.05, 0.1) is 0 Å². The minimum absolute atomic E-state index is 0.144. The third-order valence-corrected chi connectivity index (χ3v) is 3.24. The van der Waals surface area contributed by atoms with Gasteiger partial charge in [0.2, 0.25) is 18.2 Å². The standard InChI is InChI=1S/C14H30N6O6/c1-22-7-18(6-21)12-15-13(19(8-23-2)9-24-3)17-14(16-12)20(10-25-4)11-26-5/h13,21H,6-11H2,1-5H3,(H,15,16,17). The van der Waals surface area contributed by atoms with Gasteiger partial charge in [-0.2, -0.15) is 0 Å². The number of hydrogen-bond donors (Lipinski definition) is 2. The van der Waals surface area contributed by atoms with Gasteiger partial charge >= 0.3 is 0 Å². The predicted molar refractivity (Wildman–Crippen MR) is 93.8 cm³/mol. The second kappa shape index (κ2) is 12.8. The summed E-state index contributed by atoms with van der Waals surface area (Å²) in [5.74, 6) is 0.856. The molecule has 0 aliphatic carbocycles. The summed E-state index contributed by atoms with van der Waals surface area (Å²) in [6, 6.07) is 0. The molecule has 0 aromatic heterocycles. The van der Waals surface area contributed by atoms with E-state index in [0.29, 0.717) is 11.9 Å². The third kappa shape index (κ3) is 6.64. The summed E-state index contributed by atoms with van der Waals surface area (Å²) in [5.41, 5.74) is 0. The van der Waals surface area contributed by atoms with Gasteiger partial charge in [0.1, 0.15) is 40.4 Å². The van der Waals surface area contributed by atoms with Crippen LogP contribution in [-0.4, -0.2) is 114 Å². The van der Waals surface area contributed by atoms with Gasteiger partial charge in [-0.05, 0) is 0 Å². The molecule has 0 fully saturated rings. The summed E-state index contributed by atoms with van der Waals surface area (Å²) in [6.45, 7) is 0.859. The molecule has 1 aliphatic heterocycles.